The van der Waals surface area contributed by atoms with Crippen LogP contribution in [0.3, 0.4) is 0 Å². The van der Waals surface area contributed by atoms with Crippen LogP contribution >= 0.6 is 0 Å². The quantitative estimate of drug-likeness (QED) is 0.694. The summed E-state index contributed by atoms with van der Waals surface area (Å²) in [5.41, 5.74) is 3.01. The van der Waals surface area contributed by atoms with E-state index in [1.165, 1.54) is 18.4 Å². The molecule has 1 amide bonds. The van der Waals surface area contributed by atoms with E-state index < -0.39 is 6.04 Å². The summed E-state index contributed by atoms with van der Waals surface area (Å²) in [5, 5.41) is 7.27. The number of amides is 1. The van der Waals surface area contributed by atoms with Crippen molar-refractivity contribution >= 4 is 11.6 Å². The standard InChI is InChI=1S/C21H23N3O/c1-2-3-8-17-11-13-19(14-12-17)23-21(25)20(24-16-7-15-22-24)18-9-5-4-6-10-18/h4-7,9-16,20H,2-3,8H2,1H3,(H,23,25)/t20-/m0/s1. The van der Waals surface area contributed by atoms with Crippen molar-refractivity contribution < 1.29 is 4.79 Å². The fourth-order valence-electron chi connectivity index (χ4n) is 2.84. The topological polar surface area (TPSA) is 46.9 Å². The lowest BCUT2D eigenvalue weighted by molar-refractivity contribution is -0.118. The van der Waals surface area contributed by atoms with Gasteiger partial charge in [-0.1, -0.05) is 55.8 Å². The highest BCUT2D eigenvalue weighted by Crippen LogP contribution is 2.20. The van der Waals surface area contributed by atoms with E-state index in [0.717, 1.165) is 17.7 Å². The van der Waals surface area contributed by atoms with Gasteiger partial charge in [-0.15, -0.1) is 0 Å². The van der Waals surface area contributed by atoms with Crippen LogP contribution in [0.2, 0.25) is 0 Å². The predicted molar refractivity (Wildman–Crippen MR) is 100 cm³/mol. The van der Waals surface area contributed by atoms with Gasteiger partial charge in [0.05, 0.1) is 0 Å². The molecule has 0 bridgehead atoms. The van der Waals surface area contributed by atoms with Gasteiger partial charge in [-0.25, -0.2) is 0 Å². The summed E-state index contributed by atoms with van der Waals surface area (Å²) < 4.78 is 1.68. The van der Waals surface area contributed by atoms with Crippen LogP contribution in [-0.2, 0) is 11.2 Å². The first-order valence-corrected chi connectivity index (χ1v) is 8.72. The predicted octanol–water partition coefficient (Wildman–Crippen LogP) is 4.45. The molecule has 1 heterocycles. The minimum atomic E-state index is -0.490. The summed E-state index contributed by atoms with van der Waals surface area (Å²) in [6.07, 6.45) is 6.93. The van der Waals surface area contributed by atoms with Crippen LogP contribution in [0.25, 0.3) is 0 Å². The molecule has 0 spiro atoms. The molecule has 25 heavy (non-hydrogen) atoms. The second-order valence-electron chi connectivity index (χ2n) is 6.09. The van der Waals surface area contributed by atoms with Crippen molar-refractivity contribution in [1.82, 2.24) is 9.78 Å². The number of aryl methyl sites for hydroxylation is 1. The molecule has 2 aromatic carbocycles. The van der Waals surface area contributed by atoms with E-state index >= 15 is 0 Å². The molecule has 0 saturated heterocycles. The number of aromatic nitrogens is 2. The monoisotopic (exact) mass is 333 g/mol. The van der Waals surface area contributed by atoms with Crippen LogP contribution in [-0.4, -0.2) is 15.7 Å². The second-order valence-corrected chi connectivity index (χ2v) is 6.09. The molecule has 3 aromatic rings. The van der Waals surface area contributed by atoms with Crippen LogP contribution in [0.4, 0.5) is 5.69 Å². The summed E-state index contributed by atoms with van der Waals surface area (Å²) in [7, 11) is 0. The summed E-state index contributed by atoms with van der Waals surface area (Å²) >= 11 is 0. The molecule has 1 atom stereocenters. The number of benzene rings is 2. The van der Waals surface area contributed by atoms with Crippen LogP contribution in [0, 0.1) is 0 Å². The van der Waals surface area contributed by atoms with Crippen LogP contribution < -0.4 is 5.32 Å². The molecule has 0 aliphatic rings. The van der Waals surface area contributed by atoms with Gasteiger partial charge in [0.15, 0.2) is 6.04 Å². The van der Waals surface area contributed by atoms with Gasteiger partial charge in [0.25, 0.3) is 5.91 Å². The molecule has 0 aliphatic carbocycles. The lowest BCUT2D eigenvalue weighted by atomic mass is 10.1. The summed E-state index contributed by atoms with van der Waals surface area (Å²) in [6, 6.07) is 19.1. The SMILES string of the molecule is CCCCc1ccc(NC(=O)[C@H](c2ccccc2)n2cccn2)cc1. The molecule has 1 N–H and O–H groups in total. The Morgan fingerprint density at radius 1 is 1.08 bits per heavy atom. The van der Waals surface area contributed by atoms with Crippen molar-refractivity contribution in [3.8, 4) is 0 Å². The first kappa shape index (κ1) is 17.0. The highest BCUT2D eigenvalue weighted by atomic mass is 16.2. The fraction of sp³-hybridized carbons (Fsp3) is 0.238. The van der Waals surface area contributed by atoms with Gasteiger partial charge in [-0.2, -0.15) is 5.10 Å². The molecule has 4 nitrogen and oxygen atoms in total. The van der Waals surface area contributed by atoms with Crippen molar-refractivity contribution in [2.24, 2.45) is 0 Å². The Balaban J connectivity index is 1.77. The van der Waals surface area contributed by atoms with E-state index in [0.29, 0.717) is 0 Å². The number of hydrogen-bond acceptors (Lipinski definition) is 2. The third-order valence-electron chi connectivity index (χ3n) is 4.19. The maximum Gasteiger partial charge on any atom is 0.253 e. The highest BCUT2D eigenvalue weighted by molar-refractivity contribution is 5.95. The Morgan fingerprint density at radius 3 is 2.48 bits per heavy atom. The summed E-state index contributed by atoms with van der Waals surface area (Å²) in [6.45, 7) is 2.19. The third-order valence-corrected chi connectivity index (χ3v) is 4.19. The van der Waals surface area contributed by atoms with Crippen molar-refractivity contribution in [3.63, 3.8) is 0 Å². The second kappa shape index (κ2) is 8.29. The van der Waals surface area contributed by atoms with E-state index in [4.69, 9.17) is 0 Å². The van der Waals surface area contributed by atoms with E-state index in [2.05, 4.69) is 29.5 Å². The first-order chi connectivity index (χ1) is 12.3. The summed E-state index contributed by atoms with van der Waals surface area (Å²) in [4.78, 5) is 12.9. The lowest BCUT2D eigenvalue weighted by Gasteiger charge is -2.18. The molecule has 0 fully saturated rings. The molecular weight excluding hydrogens is 310 g/mol. The smallest absolute Gasteiger partial charge is 0.253 e. The van der Waals surface area contributed by atoms with Gasteiger partial charge >= 0.3 is 0 Å². The molecule has 0 unspecified atom stereocenters. The molecule has 0 aliphatic heterocycles. The Morgan fingerprint density at radius 2 is 1.84 bits per heavy atom. The number of nitrogens with zero attached hydrogens (tertiary/aromatic N) is 2. The molecule has 0 radical (unpaired) electrons. The Bertz CT molecular complexity index is 780. The van der Waals surface area contributed by atoms with E-state index in [1.807, 2.05) is 54.7 Å². The Kier molecular flexibility index (Phi) is 5.62. The van der Waals surface area contributed by atoms with Gasteiger partial charge in [-0.05, 0) is 42.2 Å². The maximum atomic E-state index is 12.9. The maximum absolute atomic E-state index is 12.9. The number of hydrogen-bond donors (Lipinski definition) is 1. The Labute approximate surface area is 148 Å². The average molecular weight is 333 g/mol. The number of nitrogens with one attached hydrogen (secondary N) is 1. The molecular formula is C21H23N3O. The zero-order valence-electron chi connectivity index (χ0n) is 14.4. The number of anilines is 1. The minimum Gasteiger partial charge on any atom is -0.324 e. The van der Waals surface area contributed by atoms with Gasteiger partial charge < -0.3 is 5.32 Å². The minimum absolute atomic E-state index is 0.101. The van der Waals surface area contributed by atoms with Crippen LogP contribution in [0.1, 0.15) is 36.9 Å². The summed E-state index contributed by atoms with van der Waals surface area (Å²) in [5.74, 6) is -0.101. The zero-order chi connectivity index (χ0) is 17.5. The number of unbranched alkanes of at least 4 members (excludes halogenated alkanes) is 1. The van der Waals surface area contributed by atoms with Crippen molar-refractivity contribution in [2.45, 2.75) is 32.2 Å². The molecule has 0 saturated carbocycles. The zero-order valence-corrected chi connectivity index (χ0v) is 14.4. The molecule has 128 valence electrons. The van der Waals surface area contributed by atoms with Crippen molar-refractivity contribution in [1.29, 1.82) is 0 Å². The molecule has 4 heteroatoms. The molecule has 1 aromatic heterocycles. The normalized spacial score (nSPS) is 11.9. The van der Waals surface area contributed by atoms with E-state index in [9.17, 15) is 4.79 Å². The van der Waals surface area contributed by atoms with Gasteiger partial charge in [0.2, 0.25) is 0 Å². The largest absolute Gasteiger partial charge is 0.324 e. The van der Waals surface area contributed by atoms with E-state index in [-0.39, 0.29) is 5.91 Å². The number of carbonyl (C=O) groups excluding carboxylic acids is 1. The van der Waals surface area contributed by atoms with Crippen molar-refractivity contribution in [2.75, 3.05) is 5.32 Å². The van der Waals surface area contributed by atoms with Gasteiger partial charge in [-0.3, -0.25) is 9.48 Å². The lowest BCUT2D eigenvalue weighted by Crippen LogP contribution is -2.27. The molecule has 3 rings (SSSR count). The highest BCUT2D eigenvalue weighted by Gasteiger charge is 2.22. The fourth-order valence-corrected chi connectivity index (χ4v) is 2.84. The third kappa shape index (κ3) is 4.35. The van der Waals surface area contributed by atoms with Gasteiger partial charge in [0, 0.05) is 18.1 Å². The van der Waals surface area contributed by atoms with Crippen molar-refractivity contribution in [3.05, 3.63) is 84.2 Å². The van der Waals surface area contributed by atoms with Gasteiger partial charge in [0.1, 0.15) is 0 Å². The Hall–Kier alpha value is -2.88. The van der Waals surface area contributed by atoms with E-state index in [1.54, 1.807) is 10.9 Å². The first-order valence-electron chi connectivity index (χ1n) is 8.72. The van der Waals surface area contributed by atoms with Crippen LogP contribution in [0.5, 0.6) is 0 Å². The average Bonchev–Trinajstić information content (AvgIpc) is 3.16. The number of carbonyl (C=O) groups is 1. The number of rotatable bonds is 7. The van der Waals surface area contributed by atoms with Crippen LogP contribution in [0.15, 0.2) is 73.1 Å².